The second-order valence-electron chi connectivity index (χ2n) is 7.71. The molecule has 0 bridgehead atoms. The molecule has 5 heteroatoms. The molecule has 0 atom stereocenters. The van der Waals surface area contributed by atoms with Gasteiger partial charge in [-0.25, -0.2) is 0 Å². The summed E-state index contributed by atoms with van der Waals surface area (Å²) in [7, 11) is 8.59. The van der Waals surface area contributed by atoms with E-state index in [0.717, 1.165) is 26.2 Å². The standard InChI is InChI=1S/4C6H8N.Pt/c4*1-7-5-3-2-4-6-7;/h4*3-5H,6H2,1H3;. The molecule has 0 amide bonds. The zero-order valence-electron chi connectivity index (χ0n) is 17.9. The van der Waals surface area contributed by atoms with Crippen molar-refractivity contribution in [2.24, 2.45) is 0 Å². The summed E-state index contributed by atoms with van der Waals surface area (Å²) in [4.78, 5) is 9.02. The van der Waals surface area contributed by atoms with Crippen LogP contribution in [0.25, 0.3) is 0 Å². The van der Waals surface area contributed by atoms with E-state index in [4.69, 9.17) is 0 Å². The van der Waals surface area contributed by atoms with E-state index in [1.807, 2.05) is 0 Å². The minimum absolute atomic E-state index is 0.974. The number of nitrogens with zero attached hydrogens (tertiary/aromatic N) is 4. The molecule has 0 aromatic heterocycles. The van der Waals surface area contributed by atoms with Crippen molar-refractivity contribution in [2.45, 2.75) is 0 Å². The summed E-state index contributed by atoms with van der Waals surface area (Å²) < 4.78 is 6.16. The van der Waals surface area contributed by atoms with Crippen LogP contribution >= 0.6 is 0 Å². The SMILES string of the molecule is CN1C=C[C]([Pt]([C]2=CCN(C)C=C2)([C]2=CCN(C)C=C2)[C]2=CCN(C)C=C2)=CC1. The third-order valence-corrected chi connectivity index (χ3v) is 16.5. The normalized spacial score (nSPS) is 22.5. The van der Waals surface area contributed by atoms with Crippen LogP contribution in [-0.4, -0.2) is 74.0 Å². The Balaban J connectivity index is 1.93. The second kappa shape index (κ2) is 8.28. The quantitative estimate of drug-likeness (QED) is 0.512. The van der Waals surface area contributed by atoms with Crippen LogP contribution in [-0.2, 0) is 16.1 Å². The van der Waals surface area contributed by atoms with Crippen LogP contribution in [0.5, 0.6) is 0 Å². The van der Waals surface area contributed by atoms with Crippen LogP contribution in [0.3, 0.4) is 0 Å². The number of hydrogen-bond acceptors (Lipinski definition) is 4. The number of likely N-dealkylation sites (N-methyl/N-ethyl adjacent to an activating group) is 4. The zero-order valence-corrected chi connectivity index (χ0v) is 20.1. The van der Waals surface area contributed by atoms with Gasteiger partial charge >= 0.3 is 179 Å². The molecule has 0 N–H and O–H groups in total. The molecule has 0 saturated heterocycles. The third kappa shape index (κ3) is 3.83. The molecular weight excluding hydrogens is 539 g/mol. The summed E-state index contributed by atoms with van der Waals surface area (Å²) in [5.74, 6) is 0. The predicted molar refractivity (Wildman–Crippen MR) is 119 cm³/mol. The van der Waals surface area contributed by atoms with Gasteiger partial charge in [0.15, 0.2) is 0 Å². The van der Waals surface area contributed by atoms with Crippen molar-refractivity contribution in [3.05, 3.63) is 89.3 Å². The average molecular weight is 572 g/mol. The fourth-order valence-corrected chi connectivity index (χ4v) is 14.6. The summed E-state index contributed by atoms with van der Waals surface area (Å²) in [5, 5.41) is 0. The van der Waals surface area contributed by atoms with Gasteiger partial charge in [-0.3, -0.25) is 0 Å². The van der Waals surface area contributed by atoms with E-state index in [9.17, 15) is 0 Å². The van der Waals surface area contributed by atoms with Crippen molar-refractivity contribution in [2.75, 3.05) is 54.4 Å². The van der Waals surface area contributed by atoms with Gasteiger partial charge in [0.1, 0.15) is 0 Å². The Morgan fingerprint density at radius 3 is 0.897 bits per heavy atom. The van der Waals surface area contributed by atoms with Crippen molar-refractivity contribution < 1.29 is 16.1 Å². The molecule has 4 nitrogen and oxygen atoms in total. The van der Waals surface area contributed by atoms with Crippen LogP contribution in [0.15, 0.2) is 89.3 Å². The Morgan fingerprint density at radius 2 is 0.724 bits per heavy atom. The average Bonchev–Trinajstić information content (AvgIpc) is 2.73. The summed E-state index contributed by atoms with van der Waals surface area (Å²) >= 11 is -2.93. The van der Waals surface area contributed by atoms with Crippen LogP contribution < -0.4 is 0 Å². The van der Waals surface area contributed by atoms with Gasteiger partial charge < -0.3 is 0 Å². The fraction of sp³-hybridized carbons (Fsp3) is 0.333. The Morgan fingerprint density at radius 1 is 0.483 bits per heavy atom. The van der Waals surface area contributed by atoms with Gasteiger partial charge in [-0.05, 0) is 0 Å². The molecule has 0 saturated carbocycles. The predicted octanol–water partition coefficient (Wildman–Crippen LogP) is 3.51. The topological polar surface area (TPSA) is 13.0 Å². The molecule has 0 unspecified atom stereocenters. The number of rotatable bonds is 4. The molecule has 158 valence electrons. The van der Waals surface area contributed by atoms with Gasteiger partial charge in [0.05, 0.1) is 0 Å². The Kier molecular flexibility index (Phi) is 5.74. The first-order chi connectivity index (χ1) is 14.0. The molecule has 0 aliphatic carbocycles. The fourth-order valence-electron chi connectivity index (χ4n) is 3.53. The van der Waals surface area contributed by atoms with Gasteiger partial charge in [0.25, 0.3) is 0 Å². The summed E-state index contributed by atoms with van der Waals surface area (Å²) in [5.41, 5.74) is 0. The van der Waals surface area contributed by atoms with E-state index in [2.05, 4.69) is 121 Å². The Bertz CT molecular complexity index is 750. The first kappa shape index (κ1) is 20.1. The van der Waals surface area contributed by atoms with Crippen molar-refractivity contribution in [1.29, 1.82) is 0 Å². The maximum absolute atomic E-state index is 2.93. The molecule has 4 aliphatic heterocycles. The minimum atomic E-state index is -2.93. The molecule has 4 aliphatic rings. The van der Waals surface area contributed by atoms with Crippen molar-refractivity contribution in [3.8, 4) is 0 Å². The Hall–Kier alpha value is -2.19. The van der Waals surface area contributed by atoms with E-state index in [0.29, 0.717) is 0 Å². The molecule has 29 heavy (non-hydrogen) atoms. The second-order valence-corrected chi connectivity index (χ2v) is 16.4. The van der Waals surface area contributed by atoms with Crippen molar-refractivity contribution in [1.82, 2.24) is 19.6 Å². The number of hydrogen-bond donors (Lipinski definition) is 0. The first-order valence-corrected chi connectivity index (χ1v) is 14.5. The van der Waals surface area contributed by atoms with Gasteiger partial charge in [-0.15, -0.1) is 0 Å². The van der Waals surface area contributed by atoms with Crippen LogP contribution in [0, 0.1) is 0 Å². The van der Waals surface area contributed by atoms with Gasteiger partial charge in [-0.1, -0.05) is 0 Å². The monoisotopic (exact) mass is 571 g/mol. The third-order valence-electron chi connectivity index (χ3n) is 5.25. The zero-order chi connectivity index (χ0) is 20.4. The molecule has 0 fully saturated rings. The summed E-state index contributed by atoms with van der Waals surface area (Å²) in [6.45, 7) is 3.90. The summed E-state index contributed by atoms with van der Waals surface area (Å²) in [6, 6.07) is 0. The summed E-state index contributed by atoms with van der Waals surface area (Å²) in [6.07, 6.45) is 28.5. The molecular formula is C24H32N4Pt. The molecule has 4 rings (SSSR count). The Labute approximate surface area is 179 Å². The van der Waals surface area contributed by atoms with E-state index in [1.54, 1.807) is 0 Å². The van der Waals surface area contributed by atoms with Gasteiger partial charge in [0.2, 0.25) is 0 Å². The molecule has 4 heterocycles. The van der Waals surface area contributed by atoms with Crippen LogP contribution in [0.2, 0.25) is 0 Å². The van der Waals surface area contributed by atoms with Crippen molar-refractivity contribution >= 4 is 0 Å². The van der Waals surface area contributed by atoms with Gasteiger partial charge in [-0.2, -0.15) is 0 Å². The maximum atomic E-state index is 2.48. The van der Waals surface area contributed by atoms with Gasteiger partial charge in [0, 0.05) is 0 Å². The van der Waals surface area contributed by atoms with Crippen molar-refractivity contribution in [3.63, 3.8) is 0 Å². The molecule has 0 aromatic carbocycles. The van der Waals surface area contributed by atoms with E-state index in [1.165, 1.54) is 15.9 Å². The van der Waals surface area contributed by atoms with E-state index < -0.39 is 16.1 Å². The van der Waals surface area contributed by atoms with E-state index in [-0.39, 0.29) is 0 Å². The molecule has 0 radical (unpaired) electrons. The van der Waals surface area contributed by atoms with E-state index >= 15 is 0 Å². The molecule has 0 spiro atoms. The molecule has 0 aromatic rings. The van der Waals surface area contributed by atoms with Crippen LogP contribution in [0.4, 0.5) is 0 Å². The number of allylic oxidation sites excluding steroid dienone is 8. The van der Waals surface area contributed by atoms with Crippen LogP contribution in [0.1, 0.15) is 0 Å². The first-order valence-electron chi connectivity index (χ1n) is 9.99.